The molecule has 0 aliphatic rings. The van der Waals surface area contributed by atoms with E-state index in [0.29, 0.717) is 6.42 Å². The van der Waals surface area contributed by atoms with E-state index < -0.39 is 6.04 Å². The van der Waals surface area contributed by atoms with Crippen molar-refractivity contribution in [2.24, 2.45) is 4.99 Å². The van der Waals surface area contributed by atoms with Gasteiger partial charge in [-0.25, -0.2) is 4.79 Å². The summed E-state index contributed by atoms with van der Waals surface area (Å²) in [6, 6.07) is 19.7. The Labute approximate surface area is 141 Å². The zero-order valence-corrected chi connectivity index (χ0v) is 14.0. The van der Waals surface area contributed by atoms with Gasteiger partial charge in [0.05, 0.1) is 7.11 Å². The van der Waals surface area contributed by atoms with Crippen LogP contribution in [0.15, 0.2) is 65.7 Å². The summed E-state index contributed by atoms with van der Waals surface area (Å²) in [5, 5.41) is 0. The van der Waals surface area contributed by atoms with Crippen molar-refractivity contribution < 1.29 is 9.53 Å². The number of carbonyl (C=O) groups is 1. The summed E-state index contributed by atoms with van der Waals surface area (Å²) in [7, 11) is 1.40. The molecule has 1 unspecified atom stereocenters. The fraction of sp³-hybridized carbons (Fsp3) is 0.263. The first-order valence-electron chi connectivity index (χ1n) is 7.54. The third-order valence-corrected chi connectivity index (χ3v) is 4.26. The maximum atomic E-state index is 11.9. The van der Waals surface area contributed by atoms with Crippen LogP contribution in [0.5, 0.6) is 0 Å². The molecule has 2 aromatic carbocycles. The van der Waals surface area contributed by atoms with Crippen molar-refractivity contribution >= 4 is 23.9 Å². The first kappa shape index (κ1) is 17.3. The molecule has 0 heterocycles. The Morgan fingerprint density at radius 3 is 2.30 bits per heavy atom. The molecule has 0 radical (unpaired) electrons. The van der Waals surface area contributed by atoms with Crippen molar-refractivity contribution in [1.82, 2.24) is 0 Å². The predicted octanol–water partition coefficient (Wildman–Crippen LogP) is 3.77. The van der Waals surface area contributed by atoms with Crippen molar-refractivity contribution in [2.75, 3.05) is 12.9 Å². The standard InChI is InChI=1S/C19H21NO2S/c1-22-19(21)18(14-16-8-4-2-5-9-16)20-12-13-23-15-17-10-6-3-7-11-17/h2-12,18H,13-15H2,1H3. The molecular formula is C19H21NO2S. The number of hydrogen-bond acceptors (Lipinski definition) is 4. The van der Waals surface area contributed by atoms with Gasteiger partial charge in [0.1, 0.15) is 0 Å². The molecule has 0 spiro atoms. The summed E-state index contributed by atoms with van der Waals surface area (Å²) < 4.78 is 4.85. The average Bonchev–Trinajstić information content (AvgIpc) is 2.61. The zero-order chi connectivity index (χ0) is 16.3. The molecule has 0 fully saturated rings. The lowest BCUT2D eigenvalue weighted by molar-refractivity contribution is -0.142. The van der Waals surface area contributed by atoms with Gasteiger partial charge in [-0.05, 0) is 11.1 Å². The largest absolute Gasteiger partial charge is 0.467 e. The van der Waals surface area contributed by atoms with Gasteiger partial charge in [-0.15, -0.1) is 0 Å². The van der Waals surface area contributed by atoms with Crippen molar-refractivity contribution in [2.45, 2.75) is 18.2 Å². The van der Waals surface area contributed by atoms with Gasteiger partial charge in [0.25, 0.3) is 0 Å². The number of benzene rings is 2. The summed E-state index contributed by atoms with van der Waals surface area (Å²) in [5.41, 5.74) is 2.37. The molecule has 0 aromatic heterocycles. The summed E-state index contributed by atoms with van der Waals surface area (Å²) in [4.78, 5) is 16.3. The van der Waals surface area contributed by atoms with Crippen LogP contribution in [-0.2, 0) is 21.7 Å². The number of esters is 1. The third kappa shape index (κ3) is 6.28. The van der Waals surface area contributed by atoms with Crippen molar-refractivity contribution in [3.63, 3.8) is 0 Å². The molecule has 2 rings (SSSR count). The summed E-state index contributed by atoms with van der Waals surface area (Å²) in [5.74, 6) is 1.42. The lowest BCUT2D eigenvalue weighted by Gasteiger charge is -2.10. The van der Waals surface area contributed by atoms with Gasteiger partial charge in [0, 0.05) is 24.1 Å². The number of nitrogens with zero attached hydrogens (tertiary/aromatic N) is 1. The highest BCUT2D eigenvalue weighted by Crippen LogP contribution is 2.11. The Morgan fingerprint density at radius 2 is 1.70 bits per heavy atom. The molecular weight excluding hydrogens is 306 g/mol. The maximum Gasteiger partial charge on any atom is 0.330 e. The van der Waals surface area contributed by atoms with Crippen LogP contribution < -0.4 is 0 Å². The quantitative estimate of drug-likeness (QED) is 0.421. The van der Waals surface area contributed by atoms with E-state index in [1.165, 1.54) is 12.7 Å². The summed E-state index contributed by atoms with van der Waals surface area (Å²) in [6.45, 7) is 0. The Balaban J connectivity index is 1.83. The number of rotatable bonds is 8. The minimum absolute atomic E-state index is 0.293. The van der Waals surface area contributed by atoms with Gasteiger partial charge < -0.3 is 4.74 Å². The second kappa shape index (κ2) is 9.85. The van der Waals surface area contributed by atoms with Gasteiger partial charge in [-0.1, -0.05) is 60.7 Å². The van der Waals surface area contributed by atoms with Crippen LogP contribution in [0, 0.1) is 0 Å². The van der Waals surface area contributed by atoms with Crippen LogP contribution in [0.1, 0.15) is 11.1 Å². The predicted molar refractivity (Wildman–Crippen MR) is 97.0 cm³/mol. The van der Waals surface area contributed by atoms with Gasteiger partial charge in [0.2, 0.25) is 0 Å². The van der Waals surface area contributed by atoms with Crippen molar-refractivity contribution in [1.29, 1.82) is 0 Å². The number of aliphatic imine (C=N–C) groups is 1. The van der Waals surface area contributed by atoms with Crippen LogP contribution in [-0.4, -0.2) is 31.1 Å². The molecule has 0 N–H and O–H groups in total. The molecule has 120 valence electrons. The molecule has 1 atom stereocenters. The van der Waals surface area contributed by atoms with E-state index in [-0.39, 0.29) is 5.97 Å². The van der Waals surface area contributed by atoms with E-state index in [4.69, 9.17) is 4.74 Å². The van der Waals surface area contributed by atoms with Gasteiger partial charge in [-0.2, -0.15) is 11.8 Å². The number of thioether (sulfide) groups is 1. The topological polar surface area (TPSA) is 38.7 Å². The lowest BCUT2D eigenvalue weighted by atomic mass is 10.1. The maximum absolute atomic E-state index is 11.9. The number of carbonyl (C=O) groups excluding carboxylic acids is 1. The van der Waals surface area contributed by atoms with Crippen molar-refractivity contribution in [3.05, 3.63) is 71.8 Å². The molecule has 0 saturated heterocycles. The van der Waals surface area contributed by atoms with Crippen LogP contribution >= 0.6 is 11.8 Å². The molecule has 2 aromatic rings. The fourth-order valence-electron chi connectivity index (χ4n) is 2.14. The van der Waals surface area contributed by atoms with E-state index >= 15 is 0 Å². The highest BCUT2D eigenvalue weighted by atomic mass is 32.2. The van der Waals surface area contributed by atoms with Crippen LogP contribution in [0.3, 0.4) is 0 Å². The smallest absolute Gasteiger partial charge is 0.330 e. The van der Waals surface area contributed by atoms with Crippen molar-refractivity contribution in [3.8, 4) is 0 Å². The van der Waals surface area contributed by atoms with Gasteiger partial charge in [0.15, 0.2) is 6.04 Å². The zero-order valence-electron chi connectivity index (χ0n) is 13.2. The molecule has 0 amide bonds. The number of ether oxygens (including phenoxy) is 1. The minimum Gasteiger partial charge on any atom is -0.467 e. The molecule has 0 aliphatic heterocycles. The van der Waals surface area contributed by atoms with Gasteiger partial charge >= 0.3 is 5.97 Å². The molecule has 0 saturated carbocycles. The normalized spacial score (nSPS) is 12.2. The fourth-order valence-corrected chi connectivity index (χ4v) is 2.88. The van der Waals surface area contributed by atoms with Crippen LogP contribution in [0.2, 0.25) is 0 Å². The molecule has 0 bridgehead atoms. The molecule has 0 aliphatic carbocycles. The highest BCUT2D eigenvalue weighted by Gasteiger charge is 2.17. The van der Waals surface area contributed by atoms with Gasteiger partial charge in [-0.3, -0.25) is 4.99 Å². The lowest BCUT2D eigenvalue weighted by Crippen LogP contribution is -2.23. The monoisotopic (exact) mass is 327 g/mol. The van der Waals surface area contributed by atoms with E-state index in [1.807, 2.05) is 54.7 Å². The molecule has 4 heteroatoms. The van der Waals surface area contributed by atoms with E-state index in [2.05, 4.69) is 17.1 Å². The first-order chi connectivity index (χ1) is 11.3. The van der Waals surface area contributed by atoms with E-state index in [9.17, 15) is 4.79 Å². The Morgan fingerprint density at radius 1 is 1.09 bits per heavy atom. The SMILES string of the molecule is COC(=O)C(Cc1ccccc1)N=CCSCc1ccccc1. The minimum atomic E-state index is -0.472. The average molecular weight is 327 g/mol. The second-order valence-corrected chi connectivity index (χ2v) is 6.09. The number of methoxy groups -OCH3 is 1. The Kier molecular flexibility index (Phi) is 7.40. The number of hydrogen-bond donors (Lipinski definition) is 0. The highest BCUT2D eigenvalue weighted by molar-refractivity contribution is 7.99. The van der Waals surface area contributed by atoms with Crippen LogP contribution in [0.4, 0.5) is 0 Å². The third-order valence-electron chi connectivity index (χ3n) is 3.33. The Hall–Kier alpha value is -2.07. The summed E-state index contributed by atoms with van der Waals surface area (Å²) in [6.07, 6.45) is 2.38. The van der Waals surface area contributed by atoms with E-state index in [0.717, 1.165) is 17.1 Å². The van der Waals surface area contributed by atoms with Crippen LogP contribution in [0.25, 0.3) is 0 Å². The second-order valence-electron chi connectivity index (χ2n) is 5.06. The summed E-state index contributed by atoms with van der Waals surface area (Å²) >= 11 is 1.77. The molecule has 3 nitrogen and oxygen atoms in total. The molecule has 23 heavy (non-hydrogen) atoms. The Bertz CT molecular complexity index is 614. The van der Waals surface area contributed by atoms with E-state index in [1.54, 1.807) is 11.8 Å². The first-order valence-corrected chi connectivity index (χ1v) is 8.70.